The van der Waals surface area contributed by atoms with E-state index in [0.29, 0.717) is 33.1 Å². The first kappa shape index (κ1) is 15.4. The zero-order chi connectivity index (χ0) is 16.0. The van der Waals surface area contributed by atoms with Crippen LogP contribution in [-0.2, 0) is 4.74 Å². The summed E-state index contributed by atoms with van der Waals surface area (Å²) < 4.78 is 6.30. The van der Waals surface area contributed by atoms with Crippen LogP contribution in [0.25, 0.3) is 10.1 Å². The van der Waals surface area contributed by atoms with E-state index in [0.717, 1.165) is 0 Å². The topological polar surface area (TPSA) is 70.0 Å². The van der Waals surface area contributed by atoms with Crippen LogP contribution in [0.2, 0.25) is 5.02 Å². The second-order valence-electron chi connectivity index (χ2n) is 5.55. The lowest BCUT2D eigenvalue weighted by molar-refractivity contribution is -0.0584. The zero-order valence-electron chi connectivity index (χ0n) is 12.2. The number of hydrogen-bond donors (Lipinski definition) is 2. The van der Waals surface area contributed by atoms with Crippen LogP contribution in [0.5, 0.6) is 11.5 Å². The fourth-order valence-corrected chi connectivity index (χ4v) is 4.20. The van der Waals surface area contributed by atoms with Crippen LogP contribution in [-0.4, -0.2) is 46.3 Å². The van der Waals surface area contributed by atoms with Crippen molar-refractivity contribution in [3.05, 3.63) is 22.0 Å². The number of rotatable bonds is 1. The first-order valence-electron chi connectivity index (χ1n) is 6.95. The number of thiophene rings is 1. The van der Waals surface area contributed by atoms with Crippen LogP contribution in [0.3, 0.4) is 0 Å². The summed E-state index contributed by atoms with van der Waals surface area (Å²) in [5.74, 6) is -0.620. The zero-order valence-corrected chi connectivity index (χ0v) is 13.7. The molecule has 1 aliphatic heterocycles. The Balaban J connectivity index is 1.99. The Kier molecular flexibility index (Phi) is 3.92. The number of nitrogens with zero attached hydrogens (tertiary/aromatic N) is 1. The van der Waals surface area contributed by atoms with Gasteiger partial charge in [0.15, 0.2) is 11.5 Å². The van der Waals surface area contributed by atoms with Gasteiger partial charge in [-0.3, -0.25) is 4.79 Å². The van der Waals surface area contributed by atoms with E-state index in [1.54, 1.807) is 4.90 Å². The Morgan fingerprint density at radius 3 is 2.50 bits per heavy atom. The molecule has 1 amide bonds. The fraction of sp³-hybridized carbons (Fsp3) is 0.400. The van der Waals surface area contributed by atoms with Crippen LogP contribution in [0.15, 0.2) is 12.1 Å². The SMILES string of the molecule is CC1CN(C(=O)c2sc3cc(O)c(O)cc3c2Cl)CC(C)O1. The molecule has 2 aromatic rings. The number of phenolic OH excluding ortho intramolecular Hbond substituents is 2. The molecule has 5 nitrogen and oxygen atoms in total. The van der Waals surface area contributed by atoms with Gasteiger partial charge in [0.05, 0.1) is 17.2 Å². The van der Waals surface area contributed by atoms with Crippen molar-refractivity contribution in [2.24, 2.45) is 0 Å². The number of benzene rings is 1. The number of halogens is 1. The van der Waals surface area contributed by atoms with Crippen LogP contribution in [0.1, 0.15) is 23.5 Å². The molecule has 22 heavy (non-hydrogen) atoms. The van der Waals surface area contributed by atoms with Crippen molar-refractivity contribution < 1.29 is 19.7 Å². The summed E-state index contributed by atoms with van der Waals surface area (Å²) in [7, 11) is 0. The predicted octanol–water partition coefficient (Wildman–Crippen LogP) is 3.22. The Labute approximate surface area is 136 Å². The van der Waals surface area contributed by atoms with Gasteiger partial charge in [0.1, 0.15) is 4.88 Å². The lowest BCUT2D eigenvalue weighted by atomic mass is 10.2. The average Bonchev–Trinajstić information content (AvgIpc) is 2.75. The molecule has 3 rings (SSSR count). The van der Waals surface area contributed by atoms with Gasteiger partial charge in [-0.15, -0.1) is 11.3 Å². The molecule has 0 spiro atoms. The summed E-state index contributed by atoms with van der Waals surface area (Å²) >= 11 is 7.52. The van der Waals surface area contributed by atoms with Gasteiger partial charge in [-0.25, -0.2) is 0 Å². The predicted molar refractivity (Wildman–Crippen MR) is 86.1 cm³/mol. The van der Waals surface area contributed by atoms with E-state index in [9.17, 15) is 15.0 Å². The molecule has 2 heterocycles. The number of fused-ring (bicyclic) bond motifs is 1. The molecule has 2 N–H and O–H groups in total. The lowest BCUT2D eigenvalue weighted by Crippen LogP contribution is -2.48. The van der Waals surface area contributed by atoms with Gasteiger partial charge in [0.25, 0.3) is 5.91 Å². The van der Waals surface area contributed by atoms with E-state index in [1.165, 1.54) is 23.5 Å². The summed E-state index contributed by atoms with van der Waals surface area (Å²) in [6.45, 7) is 4.89. The van der Waals surface area contributed by atoms with Crippen LogP contribution in [0, 0.1) is 0 Å². The maximum Gasteiger partial charge on any atom is 0.265 e. The minimum atomic E-state index is -0.250. The van der Waals surface area contributed by atoms with Crippen molar-refractivity contribution in [2.75, 3.05) is 13.1 Å². The van der Waals surface area contributed by atoms with Gasteiger partial charge in [-0.2, -0.15) is 0 Å². The molecule has 1 aromatic carbocycles. The van der Waals surface area contributed by atoms with Crippen LogP contribution >= 0.6 is 22.9 Å². The van der Waals surface area contributed by atoms with Gasteiger partial charge in [-0.05, 0) is 19.9 Å². The van der Waals surface area contributed by atoms with Gasteiger partial charge in [0, 0.05) is 29.2 Å². The normalized spacial score (nSPS) is 22.2. The van der Waals surface area contributed by atoms with E-state index < -0.39 is 0 Å². The third-order valence-corrected chi connectivity index (χ3v) is 5.27. The molecule has 0 saturated carbocycles. The molecule has 0 radical (unpaired) electrons. The lowest BCUT2D eigenvalue weighted by Gasteiger charge is -2.35. The number of morpholine rings is 1. The molecule has 2 atom stereocenters. The Hall–Kier alpha value is -1.50. The number of carbonyl (C=O) groups excluding carboxylic acids is 1. The number of hydrogen-bond acceptors (Lipinski definition) is 5. The van der Waals surface area contributed by atoms with Crippen molar-refractivity contribution in [1.29, 1.82) is 0 Å². The minimum absolute atomic E-state index is 0.0195. The molecule has 2 unspecified atom stereocenters. The Morgan fingerprint density at radius 1 is 1.27 bits per heavy atom. The fourth-order valence-electron chi connectivity index (χ4n) is 2.72. The van der Waals surface area contributed by atoms with Gasteiger partial charge in [0.2, 0.25) is 0 Å². The summed E-state index contributed by atoms with van der Waals surface area (Å²) in [6, 6.07) is 2.80. The third kappa shape index (κ3) is 2.62. The minimum Gasteiger partial charge on any atom is -0.504 e. The van der Waals surface area contributed by atoms with Crippen molar-refractivity contribution in [3.8, 4) is 11.5 Å². The summed E-state index contributed by atoms with van der Waals surface area (Å²) in [6.07, 6.45) is -0.0390. The molecule has 1 aromatic heterocycles. The molecule has 118 valence electrons. The number of amides is 1. The first-order valence-corrected chi connectivity index (χ1v) is 8.15. The monoisotopic (exact) mass is 341 g/mol. The summed E-state index contributed by atoms with van der Waals surface area (Å²) in [5, 5.41) is 20.0. The molecule has 1 saturated heterocycles. The molecular weight excluding hydrogens is 326 g/mol. The quantitative estimate of drug-likeness (QED) is 0.781. The van der Waals surface area contributed by atoms with E-state index in [4.69, 9.17) is 16.3 Å². The highest BCUT2D eigenvalue weighted by Crippen LogP contribution is 2.41. The van der Waals surface area contributed by atoms with E-state index in [2.05, 4.69) is 0 Å². The van der Waals surface area contributed by atoms with E-state index >= 15 is 0 Å². The van der Waals surface area contributed by atoms with Crippen molar-refractivity contribution in [1.82, 2.24) is 4.90 Å². The second kappa shape index (κ2) is 5.61. The van der Waals surface area contributed by atoms with Gasteiger partial charge < -0.3 is 19.8 Å². The van der Waals surface area contributed by atoms with Gasteiger partial charge in [-0.1, -0.05) is 11.6 Å². The maximum absolute atomic E-state index is 12.7. The average molecular weight is 342 g/mol. The van der Waals surface area contributed by atoms with Gasteiger partial charge >= 0.3 is 0 Å². The molecular formula is C15H16ClNO4S. The summed E-state index contributed by atoms with van der Waals surface area (Å²) in [4.78, 5) is 14.9. The highest BCUT2D eigenvalue weighted by atomic mass is 35.5. The molecule has 0 aliphatic carbocycles. The Morgan fingerprint density at radius 2 is 1.86 bits per heavy atom. The van der Waals surface area contributed by atoms with Crippen molar-refractivity contribution in [2.45, 2.75) is 26.1 Å². The standard InChI is InChI=1S/C15H16ClNO4S/c1-7-5-17(6-8(2)21-7)15(20)14-13(16)9-3-10(18)11(19)4-12(9)22-14/h3-4,7-8,18-19H,5-6H2,1-2H3. The largest absolute Gasteiger partial charge is 0.504 e. The summed E-state index contributed by atoms with van der Waals surface area (Å²) in [5.41, 5.74) is 0. The van der Waals surface area contributed by atoms with E-state index in [1.807, 2.05) is 13.8 Å². The van der Waals surface area contributed by atoms with Crippen molar-refractivity contribution >= 4 is 38.9 Å². The Bertz CT molecular complexity index is 735. The van der Waals surface area contributed by atoms with E-state index in [-0.39, 0.29) is 29.6 Å². The number of ether oxygens (including phenoxy) is 1. The highest BCUT2D eigenvalue weighted by Gasteiger charge is 2.29. The molecule has 7 heteroatoms. The molecule has 0 bridgehead atoms. The first-order chi connectivity index (χ1) is 10.4. The van der Waals surface area contributed by atoms with Crippen LogP contribution in [0.4, 0.5) is 0 Å². The van der Waals surface area contributed by atoms with Crippen LogP contribution < -0.4 is 0 Å². The van der Waals surface area contributed by atoms with Crippen molar-refractivity contribution in [3.63, 3.8) is 0 Å². The smallest absolute Gasteiger partial charge is 0.265 e. The number of phenols is 2. The maximum atomic E-state index is 12.7. The number of aromatic hydroxyl groups is 2. The third-order valence-electron chi connectivity index (χ3n) is 3.63. The highest BCUT2D eigenvalue weighted by molar-refractivity contribution is 7.21. The number of carbonyl (C=O) groups is 1. The molecule has 1 fully saturated rings. The second-order valence-corrected chi connectivity index (χ2v) is 6.98. The molecule has 1 aliphatic rings.